The van der Waals surface area contributed by atoms with Gasteiger partial charge in [0.2, 0.25) is 10.0 Å². The van der Waals surface area contributed by atoms with Gasteiger partial charge in [0.05, 0.1) is 12.0 Å². The minimum atomic E-state index is -3.57. The number of piperazine rings is 1. The van der Waals surface area contributed by atoms with Gasteiger partial charge in [0.1, 0.15) is 5.75 Å². The van der Waals surface area contributed by atoms with Crippen molar-refractivity contribution in [2.24, 2.45) is 0 Å². The van der Waals surface area contributed by atoms with Crippen LogP contribution in [-0.2, 0) is 23.0 Å². The van der Waals surface area contributed by atoms with Crippen LogP contribution in [0.2, 0.25) is 0 Å². The largest absolute Gasteiger partial charge is 0.496 e. The van der Waals surface area contributed by atoms with Crippen molar-refractivity contribution in [1.82, 2.24) is 9.62 Å². The summed E-state index contributed by atoms with van der Waals surface area (Å²) in [6.07, 6.45) is 0.709. The second-order valence-electron chi connectivity index (χ2n) is 7.11. The fourth-order valence-electron chi connectivity index (χ4n) is 3.35. The molecule has 7 heteroatoms. The summed E-state index contributed by atoms with van der Waals surface area (Å²) in [5, 5.41) is 0. The van der Waals surface area contributed by atoms with Crippen LogP contribution in [0.5, 0.6) is 5.75 Å². The molecule has 0 atom stereocenters. The number of rotatable bonds is 7. The van der Waals surface area contributed by atoms with Gasteiger partial charge in [-0.15, -0.1) is 0 Å². The number of likely N-dealkylation sites (N-methyl/N-ethyl adjacent to an activating group) is 1. The maximum atomic E-state index is 12.7. The summed E-state index contributed by atoms with van der Waals surface area (Å²) in [6, 6.07) is 13.1. The average molecular weight is 404 g/mol. The monoisotopic (exact) mass is 403 g/mol. The van der Waals surface area contributed by atoms with Gasteiger partial charge >= 0.3 is 0 Å². The molecule has 1 fully saturated rings. The lowest BCUT2D eigenvalue weighted by Gasteiger charge is -2.34. The van der Waals surface area contributed by atoms with E-state index in [2.05, 4.69) is 33.7 Å². The lowest BCUT2D eigenvalue weighted by atomic mass is 10.1. The Hall–Kier alpha value is -2.09. The number of methoxy groups -OCH3 is 1. The van der Waals surface area contributed by atoms with Crippen LogP contribution >= 0.6 is 0 Å². The second-order valence-corrected chi connectivity index (χ2v) is 8.88. The molecule has 0 aliphatic carbocycles. The quantitative estimate of drug-likeness (QED) is 0.770. The molecule has 0 saturated carbocycles. The number of hydrogen-bond donors (Lipinski definition) is 1. The molecule has 0 unspecified atom stereocenters. The molecule has 0 bridgehead atoms. The number of ether oxygens (including phenoxy) is 1. The standard InChI is InChI=1S/C21H29N3O3S/c1-4-18-15-20(9-10-21(18)27-3)28(25,26)22-16-17-5-7-19(8-6-17)24-13-11-23(2)12-14-24/h5-10,15,22H,4,11-14,16H2,1-3H3. The van der Waals surface area contributed by atoms with Gasteiger partial charge in [-0.3, -0.25) is 0 Å². The Labute approximate surface area is 168 Å². The van der Waals surface area contributed by atoms with Crippen LogP contribution in [0.1, 0.15) is 18.1 Å². The average Bonchev–Trinajstić information content (AvgIpc) is 2.72. The van der Waals surface area contributed by atoms with E-state index < -0.39 is 10.0 Å². The van der Waals surface area contributed by atoms with E-state index in [1.165, 1.54) is 5.69 Å². The molecule has 6 nitrogen and oxygen atoms in total. The third-order valence-corrected chi connectivity index (χ3v) is 6.61. The molecule has 2 aromatic carbocycles. The highest BCUT2D eigenvalue weighted by Gasteiger charge is 2.17. The Morgan fingerprint density at radius 3 is 2.32 bits per heavy atom. The van der Waals surface area contributed by atoms with Crippen molar-refractivity contribution in [3.8, 4) is 5.75 Å². The topological polar surface area (TPSA) is 61.9 Å². The zero-order valence-corrected chi connectivity index (χ0v) is 17.6. The molecule has 1 aliphatic heterocycles. The van der Waals surface area contributed by atoms with E-state index in [1.807, 2.05) is 19.1 Å². The third-order valence-electron chi connectivity index (χ3n) is 5.21. The SMILES string of the molecule is CCc1cc(S(=O)(=O)NCc2ccc(N3CCN(C)CC3)cc2)ccc1OC. The Bertz CT molecular complexity index is 890. The van der Waals surface area contributed by atoms with Crippen molar-refractivity contribution in [3.63, 3.8) is 0 Å². The van der Waals surface area contributed by atoms with Crippen LogP contribution < -0.4 is 14.4 Å². The molecule has 0 radical (unpaired) electrons. The molecular formula is C21H29N3O3S. The maximum absolute atomic E-state index is 12.7. The highest BCUT2D eigenvalue weighted by molar-refractivity contribution is 7.89. The van der Waals surface area contributed by atoms with Crippen molar-refractivity contribution in [1.29, 1.82) is 0 Å². The van der Waals surface area contributed by atoms with Gasteiger partial charge in [-0.25, -0.2) is 13.1 Å². The normalized spacial score (nSPS) is 15.6. The number of nitrogens with zero attached hydrogens (tertiary/aromatic N) is 2. The van der Waals surface area contributed by atoms with Crippen LogP contribution in [0.4, 0.5) is 5.69 Å². The smallest absolute Gasteiger partial charge is 0.240 e. The first kappa shape index (κ1) is 20.6. The fraction of sp³-hybridized carbons (Fsp3) is 0.429. The van der Waals surface area contributed by atoms with Crippen LogP contribution in [0, 0.1) is 0 Å². The van der Waals surface area contributed by atoms with E-state index in [0.717, 1.165) is 37.3 Å². The van der Waals surface area contributed by atoms with Gasteiger partial charge in [0.15, 0.2) is 0 Å². The number of anilines is 1. The highest BCUT2D eigenvalue weighted by Crippen LogP contribution is 2.23. The lowest BCUT2D eigenvalue weighted by Crippen LogP contribution is -2.44. The van der Waals surface area contributed by atoms with Gasteiger partial charge in [-0.05, 0) is 54.9 Å². The van der Waals surface area contributed by atoms with Gasteiger partial charge in [-0.2, -0.15) is 0 Å². The molecule has 1 heterocycles. The first-order valence-corrected chi connectivity index (χ1v) is 11.1. The molecule has 2 aromatic rings. The summed E-state index contributed by atoms with van der Waals surface area (Å²) in [6.45, 7) is 6.38. The predicted molar refractivity (Wildman–Crippen MR) is 113 cm³/mol. The molecular weight excluding hydrogens is 374 g/mol. The van der Waals surface area contributed by atoms with Crippen molar-refractivity contribution < 1.29 is 13.2 Å². The zero-order chi connectivity index (χ0) is 20.1. The minimum Gasteiger partial charge on any atom is -0.496 e. The van der Waals surface area contributed by atoms with Crippen LogP contribution in [-0.4, -0.2) is 53.7 Å². The summed E-state index contributed by atoms with van der Waals surface area (Å²) in [5.74, 6) is 0.709. The summed E-state index contributed by atoms with van der Waals surface area (Å²) in [4.78, 5) is 4.94. The first-order valence-electron chi connectivity index (χ1n) is 9.62. The molecule has 0 spiro atoms. The van der Waals surface area contributed by atoms with Crippen LogP contribution in [0.15, 0.2) is 47.4 Å². The van der Waals surface area contributed by atoms with E-state index in [-0.39, 0.29) is 11.4 Å². The summed E-state index contributed by atoms with van der Waals surface area (Å²) in [7, 11) is 0.153. The minimum absolute atomic E-state index is 0.263. The number of nitrogens with one attached hydrogen (secondary N) is 1. The summed E-state index contributed by atoms with van der Waals surface area (Å²) < 4.78 is 33.3. The summed E-state index contributed by atoms with van der Waals surface area (Å²) in [5.41, 5.74) is 3.00. The van der Waals surface area contributed by atoms with Crippen LogP contribution in [0.3, 0.4) is 0 Å². The van der Waals surface area contributed by atoms with Crippen molar-refractivity contribution in [2.75, 3.05) is 45.2 Å². The molecule has 1 N–H and O–H groups in total. The van der Waals surface area contributed by atoms with Gasteiger partial charge in [-0.1, -0.05) is 19.1 Å². The Morgan fingerprint density at radius 1 is 1.04 bits per heavy atom. The number of aryl methyl sites for hydroxylation is 1. The number of hydrogen-bond acceptors (Lipinski definition) is 5. The summed E-state index contributed by atoms with van der Waals surface area (Å²) >= 11 is 0. The number of sulfonamides is 1. The van der Waals surface area contributed by atoms with Crippen molar-refractivity contribution >= 4 is 15.7 Å². The fourth-order valence-corrected chi connectivity index (χ4v) is 4.42. The molecule has 1 aliphatic rings. The van der Waals surface area contributed by atoms with E-state index >= 15 is 0 Å². The zero-order valence-electron chi connectivity index (χ0n) is 16.8. The molecule has 0 amide bonds. The van der Waals surface area contributed by atoms with Crippen LogP contribution in [0.25, 0.3) is 0 Å². The molecule has 28 heavy (non-hydrogen) atoms. The molecule has 1 saturated heterocycles. The Morgan fingerprint density at radius 2 is 1.71 bits per heavy atom. The Balaban J connectivity index is 1.64. The van der Waals surface area contributed by atoms with Gasteiger partial charge in [0.25, 0.3) is 0 Å². The predicted octanol–water partition coefficient (Wildman–Crippen LogP) is 2.49. The number of benzene rings is 2. The van der Waals surface area contributed by atoms with Crippen molar-refractivity contribution in [3.05, 3.63) is 53.6 Å². The first-order chi connectivity index (χ1) is 13.4. The van der Waals surface area contributed by atoms with E-state index in [9.17, 15) is 8.42 Å². The molecule has 152 valence electrons. The van der Waals surface area contributed by atoms with E-state index in [0.29, 0.717) is 12.2 Å². The van der Waals surface area contributed by atoms with Gasteiger partial charge < -0.3 is 14.5 Å². The molecule has 3 rings (SSSR count). The Kier molecular flexibility index (Phi) is 6.59. The van der Waals surface area contributed by atoms with E-state index in [1.54, 1.807) is 25.3 Å². The third kappa shape index (κ3) is 4.84. The maximum Gasteiger partial charge on any atom is 0.240 e. The molecule has 0 aromatic heterocycles. The van der Waals surface area contributed by atoms with Gasteiger partial charge in [0, 0.05) is 38.4 Å². The van der Waals surface area contributed by atoms with E-state index in [4.69, 9.17) is 4.74 Å². The second kappa shape index (κ2) is 8.94. The van der Waals surface area contributed by atoms with Crippen molar-refractivity contribution in [2.45, 2.75) is 24.8 Å². The highest BCUT2D eigenvalue weighted by atomic mass is 32.2. The lowest BCUT2D eigenvalue weighted by molar-refractivity contribution is 0.313.